The maximum Gasteiger partial charge on any atom is 0.387 e. The van der Waals surface area contributed by atoms with Gasteiger partial charge in [0.1, 0.15) is 5.75 Å². The molecule has 2 atom stereocenters. The van der Waals surface area contributed by atoms with Crippen LogP contribution in [0.25, 0.3) is 0 Å². The largest absolute Gasteiger partial charge is 0.435 e. The Labute approximate surface area is 145 Å². The van der Waals surface area contributed by atoms with Crippen LogP contribution in [0, 0.1) is 5.92 Å². The van der Waals surface area contributed by atoms with E-state index >= 15 is 0 Å². The number of alkyl halides is 2. The number of carbonyl (C=O) groups excluding carboxylic acids is 1. The molecule has 1 amide bonds. The van der Waals surface area contributed by atoms with Gasteiger partial charge in [-0.3, -0.25) is 4.79 Å². The minimum absolute atomic E-state index is 0.128. The molecule has 1 aliphatic rings. The van der Waals surface area contributed by atoms with Crippen molar-refractivity contribution in [2.24, 2.45) is 5.92 Å². The molecule has 10 heteroatoms. The van der Waals surface area contributed by atoms with Gasteiger partial charge in [0.05, 0.1) is 25.0 Å². The molecule has 1 N–H and O–H groups in total. The summed E-state index contributed by atoms with van der Waals surface area (Å²) in [5, 5.41) is 2.70. The van der Waals surface area contributed by atoms with E-state index in [1.54, 1.807) is 0 Å². The lowest BCUT2D eigenvalue weighted by Crippen LogP contribution is -2.43. The van der Waals surface area contributed by atoms with Crippen LogP contribution in [0.3, 0.4) is 0 Å². The molecule has 1 saturated heterocycles. The number of nitrogens with zero attached hydrogens (tertiary/aromatic N) is 1. The summed E-state index contributed by atoms with van der Waals surface area (Å²) in [6, 6.07) is 4.90. The van der Waals surface area contributed by atoms with Crippen molar-refractivity contribution in [3.8, 4) is 5.75 Å². The molecule has 0 aromatic heterocycles. The fourth-order valence-corrected chi connectivity index (χ4v) is 3.57. The highest BCUT2D eigenvalue weighted by molar-refractivity contribution is 7.89. The van der Waals surface area contributed by atoms with Crippen molar-refractivity contribution in [3.63, 3.8) is 0 Å². The third-order valence-corrected chi connectivity index (χ3v) is 5.78. The van der Waals surface area contributed by atoms with Gasteiger partial charge in [0.15, 0.2) is 0 Å². The minimum atomic E-state index is -3.44. The lowest BCUT2D eigenvalue weighted by molar-refractivity contribution is -0.0498. The van der Waals surface area contributed by atoms with Crippen LogP contribution in [0.15, 0.2) is 24.3 Å². The van der Waals surface area contributed by atoms with Crippen LogP contribution in [0.2, 0.25) is 0 Å². The molecule has 0 unspecified atom stereocenters. The third-order valence-electron chi connectivity index (χ3n) is 3.82. The summed E-state index contributed by atoms with van der Waals surface area (Å²) < 4.78 is 59.2. The van der Waals surface area contributed by atoms with Gasteiger partial charge >= 0.3 is 6.61 Å². The van der Waals surface area contributed by atoms with Crippen molar-refractivity contribution in [1.82, 2.24) is 9.62 Å². The maximum atomic E-state index is 12.3. The van der Waals surface area contributed by atoms with Crippen LogP contribution in [-0.4, -0.2) is 64.3 Å². The number of rotatable bonds is 7. The summed E-state index contributed by atoms with van der Waals surface area (Å²) in [5.74, 6) is -1.18. The van der Waals surface area contributed by atoms with Gasteiger partial charge in [-0.25, -0.2) is 12.7 Å². The van der Waals surface area contributed by atoms with Gasteiger partial charge in [-0.05, 0) is 18.2 Å². The topological polar surface area (TPSA) is 84.9 Å². The first-order chi connectivity index (χ1) is 11.7. The van der Waals surface area contributed by atoms with Gasteiger partial charge in [0, 0.05) is 25.6 Å². The summed E-state index contributed by atoms with van der Waals surface area (Å²) >= 11 is 0. The Bertz CT molecular complexity index is 712. The Morgan fingerprint density at radius 1 is 1.40 bits per heavy atom. The third kappa shape index (κ3) is 5.35. The first-order valence-electron chi connectivity index (χ1n) is 7.52. The summed E-state index contributed by atoms with van der Waals surface area (Å²) in [6.45, 7) is -2.58. The van der Waals surface area contributed by atoms with Crippen LogP contribution >= 0.6 is 0 Å². The number of halogens is 2. The van der Waals surface area contributed by atoms with E-state index in [-0.39, 0.29) is 30.3 Å². The second-order valence-electron chi connectivity index (χ2n) is 5.84. The molecule has 0 aliphatic carbocycles. The molecular formula is C15H20F2N2O5S. The molecule has 2 rings (SSSR count). The molecule has 0 bridgehead atoms. The number of amides is 1. The Kier molecular flexibility index (Phi) is 6.31. The van der Waals surface area contributed by atoms with E-state index in [1.807, 2.05) is 0 Å². The lowest BCUT2D eigenvalue weighted by Gasteiger charge is -2.21. The Hall–Kier alpha value is -1.78. The second kappa shape index (κ2) is 8.07. The van der Waals surface area contributed by atoms with Crippen LogP contribution in [-0.2, 0) is 14.8 Å². The number of nitrogens with one attached hydrogen (secondary N) is 1. The van der Waals surface area contributed by atoms with E-state index in [2.05, 4.69) is 10.1 Å². The summed E-state index contributed by atoms with van der Waals surface area (Å²) in [5.41, 5.74) is 0.138. The van der Waals surface area contributed by atoms with Gasteiger partial charge < -0.3 is 14.8 Å². The van der Waals surface area contributed by atoms with Crippen LogP contribution in [0.4, 0.5) is 8.78 Å². The molecule has 7 nitrogen and oxygen atoms in total. The first kappa shape index (κ1) is 19.5. The van der Waals surface area contributed by atoms with Crippen molar-refractivity contribution in [3.05, 3.63) is 29.8 Å². The van der Waals surface area contributed by atoms with E-state index in [4.69, 9.17) is 4.74 Å². The molecule has 0 radical (unpaired) electrons. The lowest BCUT2D eigenvalue weighted by atomic mass is 10.1. The van der Waals surface area contributed by atoms with Crippen molar-refractivity contribution in [2.75, 3.05) is 33.1 Å². The molecule has 1 heterocycles. The van der Waals surface area contributed by atoms with Gasteiger partial charge in [-0.15, -0.1) is 0 Å². The molecule has 0 spiro atoms. The van der Waals surface area contributed by atoms with Gasteiger partial charge in [0.2, 0.25) is 10.0 Å². The molecule has 1 aromatic carbocycles. The van der Waals surface area contributed by atoms with Crippen molar-refractivity contribution in [2.45, 2.75) is 12.7 Å². The number of benzene rings is 1. The Morgan fingerprint density at radius 2 is 2.12 bits per heavy atom. The smallest absolute Gasteiger partial charge is 0.387 e. The highest BCUT2D eigenvalue weighted by Crippen LogP contribution is 2.19. The molecule has 25 heavy (non-hydrogen) atoms. The van der Waals surface area contributed by atoms with Gasteiger partial charge in [-0.2, -0.15) is 8.78 Å². The normalized spacial score (nSPS) is 20.9. The zero-order valence-electron chi connectivity index (χ0n) is 13.8. The first-order valence-corrected chi connectivity index (χ1v) is 9.13. The quantitative estimate of drug-likeness (QED) is 0.763. The zero-order chi connectivity index (χ0) is 18.6. The maximum absolute atomic E-state index is 12.3. The monoisotopic (exact) mass is 378 g/mol. The van der Waals surface area contributed by atoms with E-state index in [0.717, 1.165) is 4.31 Å². The average molecular weight is 378 g/mol. The van der Waals surface area contributed by atoms with Crippen molar-refractivity contribution >= 4 is 15.9 Å². The van der Waals surface area contributed by atoms with Crippen molar-refractivity contribution in [1.29, 1.82) is 0 Å². The Balaban J connectivity index is 2.04. The van der Waals surface area contributed by atoms with Crippen LogP contribution < -0.4 is 10.1 Å². The standard InChI is InChI=1S/C15H20F2N2O5S/c1-19(2)25(21,22)9-11-7-23-8-13(11)18-14(20)10-4-3-5-12(6-10)24-15(16)17/h3-6,11,13,15H,7-9H2,1-2H3,(H,18,20)/t11-,13-/m0/s1. The van der Waals surface area contributed by atoms with Gasteiger partial charge in [-0.1, -0.05) is 6.07 Å². The number of hydrogen-bond acceptors (Lipinski definition) is 5. The predicted molar refractivity (Wildman–Crippen MR) is 86.1 cm³/mol. The summed E-state index contributed by atoms with van der Waals surface area (Å²) in [7, 11) is -0.561. The summed E-state index contributed by atoms with van der Waals surface area (Å²) in [6.07, 6.45) is 0. The second-order valence-corrected chi connectivity index (χ2v) is 8.07. The van der Waals surface area contributed by atoms with E-state index in [9.17, 15) is 22.0 Å². The molecule has 0 saturated carbocycles. The molecule has 1 aliphatic heterocycles. The SMILES string of the molecule is CN(C)S(=O)(=O)C[C@@H]1COC[C@@H]1NC(=O)c1cccc(OC(F)F)c1. The summed E-state index contributed by atoms with van der Waals surface area (Å²) in [4.78, 5) is 12.3. The van der Waals surface area contributed by atoms with E-state index < -0.39 is 34.5 Å². The van der Waals surface area contributed by atoms with Crippen LogP contribution in [0.1, 0.15) is 10.4 Å². The highest BCUT2D eigenvalue weighted by atomic mass is 32.2. The highest BCUT2D eigenvalue weighted by Gasteiger charge is 2.34. The Morgan fingerprint density at radius 3 is 2.76 bits per heavy atom. The molecular weight excluding hydrogens is 358 g/mol. The molecule has 1 fully saturated rings. The average Bonchev–Trinajstić information content (AvgIpc) is 2.93. The zero-order valence-corrected chi connectivity index (χ0v) is 14.6. The fraction of sp³-hybridized carbons (Fsp3) is 0.533. The number of carbonyl (C=O) groups is 1. The predicted octanol–water partition coefficient (Wildman–Crippen LogP) is 0.924. The fourth-order valence-electron chi connectivity index (χ4n) is 2.41. The van der Waals surface area contributed by atoms with Crippen molar-refractivity contribution < 1.29 is 31.5 Å². The van der Waals surface area contributed by atoms with Crippen LogP contribution in [0.5, 0.6) is 5.75 Å². The molecule has 1 aromatic rings. The van der Waals surface area contributed by atoms with Gasteiger partial charge in [0.25, 0.3) is 5.91 Å². The van der Waals surface area contributed by atoms with E-state index in [1.165, 1.54) is 38.4 Å². The van der Waals surface area contributed by atoms with E-state index in [0.29, 0.717) is 0 Å². The minimum Gasteiger partial charge on any atom is -0.435 e. The number of sulfonamides is 1. The number of ether oxygens (including phenoxy) is 2. The number of hydrogen-bond donors (Lipinski definition) is 1. The molecule has 140 valence electrons.